The molecule has 186 valence electrons. The second-order valence-corrected chi connectivity index (χ2v) is 8.97. The van der Waals surface area contributed by atoms with Gasteiger partial charge in [-0.1, -0.05) is 66.2 Å². The molecule has 0 radical (unpaired) electrons. The topological polar surface area (TPSA) is 47.6 Å². The van der Waals surface area contributed by atoms with E-state index in [0.717, 1.165) is 45.8 Å². The number of hydrogen-bond acceptors (Lipinski definition) is 3. The predicted octanol–water partition coefficient (Wildman–Crippen LogP) is 7.95. The average molecular weight is 511 g/mol. The summed E-state index contributed by atoms with van der Waals surface area (Å²) in [7, 11) is 1.62. The van der Waals surface area contributed by atoms with Crippen LogP contribution in [0.3, 0.4) is 0 Å². The lowest BCUT2D eigenvalue weighted by Gasteiger charge is -2.23. The Labute approximate surface area is 213 Å². The number of alkyl halides is 3. The number of nitrogens with two attached hydrogens (primary N) is 1. The Balaban J connectivity index is 1.69. The molecule has 1 unspecified atom stereocenters. The molecule has 0 aromatic heterocycles. The molecule has 0 saturated carbocycles. The first-order chi connectivity index (χ1) is 17.2. The van der Waals surface area contributed by atoms with Crippen LogP contribution in [0, 0.1) is 0 Å². The molecule has 1 atom stereocenters. The number of benzene rings is 3. The number of amidine groups is 1. The molecule has 0 aliphatic carbocycles. The van der Waals surface area contributed by atoms with E-state index in [1.54, 1.807) is 7.11 Å². The highest BCUT2D eigenvalue weighted by molar-refractivity contribution is 6.33. The van der Waals surface area contributed by atoms with Gasteiger partial charge in [0.25, 0.3) is 0 Å². The standard InChI is InChI=1S/C29H26ClF3N2O/c1-3-19-9-14-27(35-28(19)34)25(20-7-11-23(36-2)12-8-20)16-18-5-4-6-21(15-18)24-13-10-22(17-26(24)30)29(31,32)33/h3-8,10-15,17,25H,9,16H2,1-2H3,(H2,34,35)/b19-3-. The molecule has 36 heavy (non-hydrogen) atoms. The van der Waals surface area contributed by atoms with E-state index in [4.69, 9.17) is 27.1 Å². The van der Waals surface area contributed by atoms with E-state index in [9.17, 15) is 13.2 Å². The van der Waals surface area contributed by atoms with Crippen molar-refractivity contribution in [3.63, 3.8) is 0 Å². The van der Waals surface area contributed by atoms with Crippen LogP contribution in [0.1, 0.15) is 36.0 Å². The summed E-state index contributed by atoms with van der Waals surface area (Å²) in [4.78, 5) is 4.71. The second-order valence-electron chi connectivity index (χ2n) is 8.57. The van der Waals surface area contributed by atoms with Crippen LogP contribution in [0.4, 0.5) is 13.2 Å². The lowest BCUT2D eigenvalue weighted by Crippen LogP contribution is -2.20. The normalized spacial score (nSPS) is 15.9. The number of halogens is 4. The van der Waals surface area contributed by atoms with Crippen LogP contribution in [0.2, 0.25) is 5.02 Å². The molecule has 1 heterocycles. The van der Waals surface area contributed by atoms with Crippen LogP contribution in [-0.4, -0.2) is 12.9 Å². The van der Waals surface area contributed by atoms with Gasteiger partial charge in [-0.3, -0.25) is 0 Å². The molecule has 0 saturated heterocycles. The number of methoxy groups -OCH3 is 1. The first kappa shape index (κ1) is 25.6. The van der Waals surface area contributed by atoms with Crippen molar-refractivity contribution in [2.45, 2.75) is 31.9 Å². The molecule has 3 aromatic rings. The van der Waals surface area contributed by atoms with Crippen molar-refractivity contribution in [3.8, 4) is 16.9 Å². The molecule has 3 aromatic carbocycles. The van der Waals surface area contributed by atoms with E-state index in [2.05, 4.69) is 6.08 Å². The summed E-state index contributed by atoms with van der Waals surface area (Å²) in [5.41, 5.74) is 10.7. The molecule has 0 amide bonds. The smallest absolute Gasteiger partial charge is 0.416 e. The van der Waals surface area contributed by atoms with Gasteiger partial charge in [-0.15, -0.1) is 0 Å². The third-order valence-electron chi connectivity index (χ3n) is 6.31. The Morgan fingerprint density at radius 1 is 1.08 bits per heavy atom. The zero-order valence-electron chi connectivity index (χ0n) is 19.9. The van der Waals surface area contributed by atoms with Crippen LogP contribution in [-0.2, 0) is 12.6 Å². The maximum Gasteiger partial charge on any atom is 0.416 e. The van der Waals surface area contributed by atoms with Crippen molar-refractivity contribution in [2.24, 2.45) is 10.7 Å². The van der Waals surface area contributed by atoms with Crippen LogP contribution < -0.4 is 10.5 Å². The highest BCUT2D eigenvalue weighted by atomic mass is 35.5. The van der Waals surface area contributed by atoms with Crippen molar-refractivity contribution in [1.29, 1.82) is 0 Å². The Kier molecular flexibility index (Phi) is 7.55. The zero-order chi connectivity index (χ0) is 25.9. The minimum atomic E-state index is -4.45. The van der Waals surface area contributed by atoms with Crippen molar-refractivity contribution in [3.05, 3.63) is 112 Å². The lowest BCUT2D eigenvalue weighted by molar-refractivity contribution is -0.137. The number of hydrogen-bond donors (Lipinski definition) is 1. The summed E-state index contributed by atoms with van der Waals surface area (Å²) in [6.45, 7) is 1.94. The van der Waals surface area contributed by atoms with Gasteiger partial charge in [0.1, 0.15) is 11.6 Å². The van der Waals surface area contributed by atoms with Crippen LogP contribution in [0.15, 0.2) is 95.1 Å². The van der Waals surface area contributed by atoms with Gasteiger partial charge in [0, 0.05) is 22.2 Å². The summed E-state index contributed by atoms with van der Waals surface area (Å²) < 4.78 is 44.5. The molecule has 0 bridgehead atoms. The second kappa shape index (κ2) is 10.6. The summed E-state index contributed by atoms with van der Waals surface area (Å²) in [5.74, 6) is 1.19. The summed E-state index contributed by atoms with van der Waals surface area (Å²) >= 11 is 6.26. The van der Waals surface area contributed by atoms with Crippen LogP contribution in [0.25, 0.3) is 11.1 Å². The minimum Gasteiger partial charge on any atom is -0.497 e. The molecule has 0 spiro atoms. The fraction of sp³-hybridized carbons (Fsp3) is 0.207. The first-order valence-corrected chi connectivity index (χ1v) is 11.9. The predicted molar refractivity (Wildman–Crippen MR) is 139 cm³/mol. The zero-order valence-corrected chi connectivity index (χ0v) is 20.7. The molecule has 1 aliphatic heterocycles. The van der Waals surface area contributed by atoms with Crippen molar-refractivity contribution in [2.75, 3.05) is 7.11 Å². The molecule has 0 fully saturated rings. The first-order valence-electron chi connectivity index (χ1n) is 11.5. The van der Waals surface area contributed by atoms with Gasteiger partial charge in [-0.25, -0.2) is 4.99 Å². The lowest BCUT2D eigenvalue weighted by atomic mass is 9.86. The van der Waals surface area contributed by atoms with E-state index in [-0.39, 0.29) is 10.9 Å². The highest BCUT2D eigenvalue weighted by Crippen LogP contribution is 2.37. The number of rotatable bonds is 6. The van der Waals surface area contributed by atoms with E-state index in [1.807, 2.05) is 61.5 Å². The maximum absolute atomic E-state index is 13.1. The van der Waals surface area contributed by atoms with Gasteiger partial charge >= 0.3 is 6.18 Å². The molecule has 7 heteroatoms. The minimum absolute atomic E-state index is 0.0555. The molecular weight excluding hydrogens is 485 g/mol. The van der Waals surface area contributed by atoms with Gasteiger partial charge < -0.3 is 10.5 Å². The number of nitrogens with zero attached hydrogens (tertiary/aromatic N) is 1. The van der Waals surface area contributed by atoms with Gasteiger partial charge in [-0.2, -0.15) is 13.2 Å². The van der Waals surface area contributed by atoms with Crippen LogP contribution in [0.5, 0.6) is 5.75 Å². The number of allylic oxidation sites excluding steroid dienone is 3. The molecule has 4 rings (SSSR count). The molecule has 1 aliphatic rings. The maximum atomic E-state index is 13.1. The highest BCUT2D eigenvalue weighted by Gasteiger charge is 2.31. The Hall–Kier alpha value is -3.51. The summed E-state index contributed by atoms with van der Waals surface area (Å²) in [6, 6.07) is 19.0. The number of aliphatic imine (C=N–C) groups is 1. The third-order valence-corrected chi connectivity index (χ3v) is 6.62. The monoisotopic (exact) mass is 510 g/mol. The van der Waals surface area contributed by atoms with E-state index < -0.39 is 11.7 Å². The van der Waals surface area contributed by atoms with Crippen molar-refractivity contribution < 1.29 is 17.9 Å². The molecule has 2 N–H and O–H groups in total. The Bertz CT molecular complexity index is 1340. The number of ether oxygens (including phenoxy) is 1. The Morgan fingerprint density at radius 2 is 1.83 bits per heavy atom. The fourth-order valence-electron chi connectivity index (χ4n) is 4.32. The van der Waals surface area contributed by atoms with E-state index in [0.29, 0.717) is 24.2 Å². The van der Waals surface area contributed by atoms with Gasteiger partial charge in [0.05, 0.1) is 12.7 Å². The van der Waals surface area contributed by atoms with Gasteiger partial charge in [0.2, 0.25) is 0 Å². The van der Waals surface area contributed by atoms with Crippen LogP contribution >= 0.6 is 11.6 Å². The average Bonchev–Trinajstić information content (AvgIpc) is 2.87. The third kappa shape index (κ3) is 5.65. The molecule has 3 nitrogen and oxygen atoms in total. The quantitative estimate of drug-likeness (QED) is 0.365. The van der Waals surface area contributed by atoms with Gasteiger partial charge in [0.15, 0.2) is 0 Å². The van der Waals surface area contributed by atoms with E-state index >= 15 is 0 Å². The largest absolute Gasteiger partial charge is 0.497 e. The molecular formula is C29H26ClF3N2O. The fourth-order valence-corrected chi connectivity index (χ4v) is 4.61. The Morgan fingerprint density at radius 3 is 2.44 bits per heavy atom. The summed E-state index contributed by atoms with van der Waals surface area (Å²) in [5, 5.41) is 0.0555. The SMILES string of the molecule is C/C=C1/CC=C(C(Cc2cccc(-c3ccc(C(F)(F)F)cc3Cl)c2)c2ccc(OC)cc2)N=C1N. The summed E-state index contributed by atoms with van der Waals surface area (Å²) in [6.07, 6.45) is 0.933. The van der Waals surface area contributed by atoms with Gasteiger partial charge in [-0.05, 0) is 66.3 Å². The van der Waals surface area contributed by atoms with E-state index in [1.165, 1.54) is 6.07 Å². The van der Waals surface area contributed by atoms with Crippen molar-refractivity contribution >= 4 is 17.4 Å². The van der Waals surface area contributed by atoms with Crippen molar-refractivity contribution in [1.82, 2.24) is 0 Å².